The van der Waals surface area contributed by atoms with Crippen molar-refractivity contribution in [2.45, 2.75) is 32.9 Å². The number of nitrogens with zero attached hydrogens (tertiary/aromatic N) is 2. The average molecular weight is 332 g/mol. The number of hydrazone groups is 1. The molecule has 0 aromatic heterocycles. The second-order valence-corrected chi connectivity index (χ2v) is 6.18. The van der Waals surface area contributed by atoms with Crippen molar-refractivity contribution in [2.24, 2.45) is 5.10 Å². The van der Waals surface area contributed by atoms with Gasteiger partial charge in [-0.1, -0.05) is 12.1 Å². The minimum atomic E-state index is -4.90. The summed E-state index contributed by atoms with van der Waals surface area (Å²) in [6.45, 7) is 4.05. The maximum atomic E-state index is 13.1. The molecule has 0 spiro atoms. The second kappa shape index (κ2) is 4.82. The van der Waals surface area contributed by atoms with E-state index in [4.69, 9.17) is 0 Å². The third-order valence-electron chi connectivity index (χ3n) is 4.81. The molecule has 6 heteroatoms. The molecule has 0 saturated carbocycles. The van der Waals surface area contributed by atoms with Gasteiger partial charge in [-0.2, -0.15) is 18.3 Å². The molecule has 0 saturated heterocycles. The Morgan fingerprint density at radius 3 is 2.58 bits per heavy atom. The Morgan fingerprint density at radius 1 is 1.21 bits per heavy atom. The van der Waals surface area contributed by atoms with E-state index in [2.05, 4.69) is 5.10 Å². The molecule has 4 rings (SSSR count). The molecule has 1 heterocycles. The molecule has 2 aromatic carbocycles. The Labute approximate surface area is 136 Å². The van der Waals surface area contributed by atoms with E-state index in [9.17, 15) is 18.0 Å². The van der Waals surface area contributed by atoms with Crippen molar-refractivity contribution in [1.82, 2.24) is 0 Å². The third kappa shape index (κ3) is 1.92. The first-order valence-electron chi connectivity index (χ1n) is 7.89. The monoisotopic (exact) mass is 332 g/mol. The predicted molar refractivity (Wildman–Crippen MR) is 87.0 cm³/mol. The highest BCUT2D eigenvalue weighted by molar-refractivity contribution is 6.22. The van der Waals surface area contributed by atoms with Crippen LogP contribution in [0.25, 0.3) is 10.8 Å². The number of carbonyl (C=O) groups excluding carboxylic acids is 1. The number of alkyl halides is 3. The van der Waals surface area contributed by atoms with Gasteiger partial charge < -0.3 is 0 Å². The fourth-order valence-corrected chi connectivity index (χ4v) is 3.79. The van der Waals surface area contributed by atoms with Gasteiger partial charge in [-0.3, -0.25) is 9.80 Å². The van der Waals surface area contributed by atoms with Crippen molar-refractivity contribution in [3.63, 3.8) is 0 Å². The summed E-state index contributed by atoms with van der Waals surface area (Å²) in [4.78, 5) is 12.1. The van der Waals surface area contributed by atoms with Gasteiger partial charge in [-0.05, 0) is 49.3 Å². The quantitative estimate of drug-likeness (QED) is 0.770. The number of benzene rings is 2. The molecule has 0 bridgehead atoms. The van der Waals surface area contributed by atoms with E-state index in [1.807, 2.05) is 26.0 Å². The van der Waals surface area contributed by atoms with Crippen LogP contribution >= 0.6 is 0 Å². The van der Waals surface area contributed by atoms with E-state index in [-0.39, 0.29) is 5.56 Å². The van der Waals surface area contributed by atoms with E-state index in [0.29, 0.717) is 18.7 Å². The zero-order chi connectivity index (χ0) is 17.2. The van der Waals surface area contributed by atoms with Crippen LogP contribution in [0.5, 0.6) is 0 Å². The van der Waals surface area contributed by atoms with Crippen molar-refractivity contribution in [3.8, 4) is 0 Å². The van der Waals surface area contributed by atoms with Gasteiger partial charge in [0.05, 0.1) is 17.0 Å². The Morgan fingerprint density at radius 2 is 1.92 bits per heavy atom. The normalized spacial score (nSPS) is 15.9. The van der Waals surface area contributed by atoms with Crippen molar-refractivity contribution < 1.29 is 18.0 Å². The molecular formula is C18H15F3N2O. The van der Waals surface area contributed by atoms with Gasteiger partial charge in [0.2, 0.25) is 0 Å². The van der Waals surface area contributed by atoms with Crippen LogP contribution in [0.1, 0.15) is 40.9 Å². The minimum Gasteiger partial charge on any atom is -0.284 e. The molecule has 0 atom stereocenters. The maximum Gasteiger partial charge on any atom is 0.454 e. The zero-order valence-corrected chi connectivity index (χ0v) is 13.3. The Balaban J connectivity index is 2.15. The van der Waals surface area contributed by atoms with Gasteiger partial charge >= 0.3 is 6.18 Å². The minimum absolute atomic E-state index is 0.289. The fourth-order valence-electron chi connectivity index (χ4n) is 3.79. The maximum absolute atomic E-state index is 13.1. The average Bonchev–Trinajstić information content (AvgIpc) is 2.96. The molecule has 0 amide bonds. The number of aryl methyl sites for hydroxylation is 2. The van der Waals surface area contributed by atoms with E-state index in [0.717, 1.165) is 39.6 Å². The highest BCUT2D eigenvalue weighted by Crippen LogP contribution is 2.44. The largest absolute Gasteiger partial charge is 0.454 e. The van der Waals surface area contributed by atoms with Crippen molar-refractivity contribution in [2.75, 3.05) is 11.6 Å². The van der Waals surface area contributed by atoms with Gasteiger partial charge in [-0.25, -0.2) is 0 Å². The molecule has 1 aliphatic heterocycles. The summed E-state index contributed by atoms with van der Waals surface area (Å²) in [7, 11) is 0. The fraction of sp³-hybridized carbons (Fsp3) is 0.333. The van der Waals surface area contributed by atoms with Gasteiger partial charge in [0, 0.05) is 17.5 Å². The number of halogens is 3. The molecule has 24 heavy (non-hydrogen) atoms. The summed E-state index contributed by atoms with van der Waals surface area (Å²) >= 11 is 0. The number of hydrogen-bond acceptors (Lipinski definition) is 3. The summed E-state index contributed by atoms with van der Waals surface area (Å²) in [5, 5.41) is 7.65. The SMILES string of the molecule is CCN1N=C(C)c2ccc3c4c(cc(C(=O)C(F)(F)F)c1c24)CC3. The standard InChI is InChI=1S/C18H15F3N2O/c1-3-23-16-13(17(24)18(19,20)21)8-11-5-4-10-6-7-12(9(2)22-23)15(16)14(10)11/h6-8H,3-5H2,1-2H3. The lowest BCUT2D eigenvalue weighted by atomic mass is 9.90. The number of Topliss-reactive ketones (excluding diaryl/α,β-unsaturated/α-hetero) is 1. The topological polar surface area (TPSA) is 32.7 Å². The summed E-state index contributed by atoms with van der Waals surface area (Å²) in [6, 6.07) is 5.35. The lowest BCUT2D eigenvalue weighted by Gasteiger charge is -2.29. The van der Waals surface area contributed by atoms with Crippen LogP contribution in [0.15, 0.2) is 23.3 Å². The summed E-state index contributed by atoms with van der Waals surface area (Å²) in [5.41, 5.74) is 3.52. The van der Waals surface area contributed by atoms with E-state index in [1.54, 1.807) is 0 Å². The van der Waals surface area contributed by atoms with Crippen LogP contribution in [0.2, 0.25) is 0 Å². The number of carbonyl (C=O) groups is 1. The van der Waals surface area contributed by atoms with Crippen LogP contribution in [0, 0.1) is 0 Å². The Bertz CT molecular complexity index is 928. The smallest absolute Gasteiger partial charge is 0.284 e. The first kappa shape index (κ1) is 15.2. The molecule has 0 radical (unpaired) electrons. The highest BCUT2D eigenvalue weighted by atomic mass is 19.4. The van der Waals surface area contributed by atoms with Crippen LogP contribution in [0.3, 0.4) is 0 Å². The molecule has 124 valence electrons. The van der Waals surface area contributed by atoms with Gasteiger partial charge in [-0.15, -0.1) is 0 Å². The highest BCUT2D eigenvalue weighted by Gasteiger charge is 2.42. The Kier molecular flexibility index (Phi) is 3.04. The summed E-state index contributed by atoms with van der Waals surface area (Å²) in [6.07, 6.45) is -3.45. The molecule has 0 N–H and O–H groups in total. The first-order chi connectivity index (χ1) is 11.3. The summed E-state index contributed by atoms with van der Waals surface area (Å²) < 4.78 is 39.4. The number of rotatable bonds is 2. The van der Waals surface area contributed by atoms with Crippen molar-refractivity contribution >= 4 is 28.0 Å². The van der Waals surface area contributed by atoms with Crippen LogP contribution in [-0.4, -0.2) is 24.2 Å². The van der Waals surface area contributed by atoms with E-state index >= 15 is 0 Å². The zero-order valence-electron chi connectivity index (χ0n) is 13.3. The third-order valence-corrected chi connectivity index (χ3v) is 4.81. The van der Waals surface area contributed by atoms with Gasteiger partial charge in [0.15, 0.2) is 0 Å². The molecule has 0 fully saturated rings. The predicted octanol–water partition coefficient (Wildman–Crippen LogP) is 4.25. The number of anilines is 1. The lowest BCUT2D eigenvalue weighted by molar-refractivity contribution is -0.0884. The molecular weight excluding hydrogens is 317 g/mol. The van der Waals surface area contributed by atoms with Crippen molar-refractivity contribution in [1.29, 1.82) is 0 Å². The molecule has 0 unspecified atom stereocenters. The molecule has 2 aromatic rings. The lowest BCUT2D eigenvalue weighted by Crippen LogP contribution is -2.29. The molecule has 2 aliphatic rings. The van der Waals surface area contributed by atoms with Crippen LogP contribution in [0.4, 0.5) is 18.9 Å². The number of ketones is 1. The Hall–Kier alpha value is -2.37. The molecule has 3 nitrogen and oxygen atoms in total. The second-order valence-electron chi connectivity index (χ2n) is 6.18. The van der Waals surface area contributed by atoms with Crippen LogP contribution < -0.4 is 5.01 Å². The molecule has 1 aliphatic carbocycles. The first-order valence-corrected chi connectivity index (χ1v) is 7.89. The van der Waals surface area contributed by atoms with Crippen LogP contribution in [-0.2, 0) is 12.8 Å². The van der Waals surface area contributed by atoms with Crippen molar-refractivity contribution in [3.05, 3.63) is 40.5 Å². The van der Waals surface area contributed by atoms with E-state index in [1.165, 1.54) is 11.1 Å². The van der Waals surface area contributed by atoms with E-state index < -0.39 is 12.0 Å². The summed E-state index contributed by atoms with van der Waals surface area (Å²) in [5.74, 6) is -1.80. The van der Waals surface area contributed by atoms with Gasteiger partial charge in [0.25, 0.3) is 5.78 Å². The van der Waals surface area contributed by atoms with Gasteiger partial charge in [0.1, 0.15) is 0 Å². The number of hydrogen-bond donors (Lipinski definition) is 0.